The van der Waals surface area contributed by atoms with Gasteiger partial charge in [0, 0.05) is 28.5 Å². The summed E-state index contributed by atoms with van der Waals surface area (Å²) in [5.41, 5.74) is 9.67. The van der Waals surface area contributed by atoms with Crippen LogP contribution in [0.1, 0.15) is 13.8 Å². The van der Waals surface area contributed by atoms with Crippen LogP contribution >= 0.6 is 11.3 Å². The fraction of sp³-hybridized carbons (Fsp3) is 0.190. The van der Waals surface area contributed by atoms with Crippen LogP contribution < -0.4 is 16.0 Å². The fourth-order valence-corrected chi connectivity index (χ4v) is 4.30. The highest BCUT2D eigenvalue weighted by atomic mass is 32.1. The first-order chi connectivity index (χ1) is 13.6. The van der Waals surface area contributed by atoms with E-state index >= 15 is 0 Å². The highest BCUT2D eigenvalue weighted by molar-refractivity contribution is 7.26. The number of benzene rings is 2. The summed E-state index contributed by atoms with van der Waals surface area (Å²) >= 11 is 1.58. The van der Waals surface area contributed by atoms with Gasteiger partial charge in [0.15, 0.2) is 4.70 Å². The average Bonchev–Trinajstić information content (AvgIpc) is 3.08. The minimum absolute atomic E-state index is 0.0904. The van der Waals surface area contributed by atoms with E-state index in [4.69, 9.17) is 5.73 Å². The minimum atomic E-state index is -0.0904. The molecule has 2 aromatic heterocycles. The molecule has 0 aliphatic carbocycles. The second-order valence-corrected chi connectivity index (χ2v) is 7.44. The van der Waals surface area contributed by atoms with Gasteiger partial charge in [0.05, 0.1) is 5.39 Å². The van der Waals surface area contributed by atoms with Crippen LogP contribution in [0, 0.1) is 6.33 Å². The Kier molecular flexibility index (Phi) is 4.72. The van der Waals surface area contributed by atoms with Gasteiger partial charge >= 0.3 is 12.4 Å². The average molecular weight is 390 g/mol. The number of aromatic nitrogens is 2. The maximum Gasteiger partial charge on any atom is 0.431 e. The number of amides is 2. The van der Waals surface area contributed by atoms with Gasteiger partial charge in [-0.05, 0) is 49.2 Å². The normalized spacial score (nSPS) is 10.8. The molecule has 4 rings (SSSR count). The van der Waals surface area contributed by atoms with Crippen LogP contribution in [0.3, 0.4) is 0 Å². The van der Waals surface area contributed by atoms with E-state index in [1.54, 1.807) is 16.2 Å². The lowest BCUT2D eigenvalue weighted by Gasteiger charge is -2.19. The van der Waals surface area contributed by atoms with Crippen LogP contribution in [0.5, 0.6) is 0 Å². The van der Waals surface area contributed by atoms with Gasteiger partial charge in [-0.3, -0.25) is 0 Å². The van der Waals surface area contributed by atoms with E-state index in [9.17, 15) is 4.79 Å². The predicted octanol–water partition coefficient (Wildman–Crippen LogP) is 3.97. The predicted molar refractivity (Wildman–Crippen MR) is 113 cm³/mol. The third kappa shape index (κ3) is 3.19. The highest BCUT2D eigenvalue weighted by Gasteiger charge is 2.16. The Morgan fingerprint density at radius 1 is 1.21 bits per heavy atom. The molecule has 28 heavy (non-hydrogen) atoms. The van der Waals surface area contributed by atoms with E-state index in [1.165, 1.54) is 0 Å². The molecule has 0 saturated heterocycles. The molecular formula is C21H20N5OS+. The fourth-order valence-electron chi connectivity index (χ4n) is 3.22. The van der Waals surface area contributed by atoms with E-state index in [0.29, 0.717) is 18.9 Å². The number of hydrogen-bond donors (Lipinski definition) is 2. The molecule has 6 nitrogen and oxygen atoms in total. The van der Waals surface area contributed by atoms with Gasteiger partial charge in [-0.2, -0.15) is 4.98 Å². The number of hydrogen-bond acceptors (Lipinski definition) is 4. The van der Waals surface area contributed by atoms with E-state index in [0.717, 1.165) is 37.1 Å². The van der Waals surface area contributed by atoms with Crippen molar-refractivity contribution in [2.24, 2.45) is 0 Å². The lowest BCUT2D eigenvalue weighted by Crippen LogP contribution is -2.34. The molecule has 0 aliphatic heterocycles. The molecule has 4 aromatic rings. The summed E-state index contributed by atoms with van der Waals surface area (Å²) in [6, 6.07) is 14.0. The molecule has 7 heteroatoms. The van der Waals surface area contributed by atoms with Crippen LogP contribution in [0.15, 0.2) is 42.5 Å². The topological polar surface area (TPSA) is 85.3 Å². The van der Waals surface area contributed by atoms with Gasteiger partial charge in [-0.1, -0.05) is 18.2 Å². The summed E-state index contributed by atoms with van der Waals surface area (Å²) in [5.74, 6) is 0.453. The molecule has 0 radical (unpaired) electrons. The number of anilines is 2. The first-order valence-electron chi connectivity index (χ1n) is 9.13. The maximum absolute atomic E-state index is 12.3. The molecule has 0 atom stereocenters. The highest BCUT2D eigenvalue weighted by Crippen LogP contribution is 2.36. The number of thiophene rings is 1. The van der Waals surface area contributed by atoms with Gasteiger partial charge in [0.2, 0.25) is 0 Å². The standard InChI is InChI=1S/C21H19N5OS/c1-3-26(4-2)21(27)25-15-7-5-6-13(10-15)14-8-9-16-17(11-14)28-19-18(16)23-12-24-20(19)22/h5-11,22H,3-4H2,1-2H3,(H,25,27)/p+1. The summed E-state index contributed by atoms with van der Waals surface area (Å²) in [6.45, 7) is 5.28. The first kappa shape index (κ1) is 18.0. The molecular weight excluding hydrogens is 370 g/mol. The summed E-state index contributed by atoms with van der Waals surface area (Å²) in [5, 5.41) is 4.01. The van der Waals surface area contributed by atoms with Crippen molar-refractivity contribution in [3.8, 4) is 11.1 Å². The quantitative estimate of drug-likeness (QED) is 0.552. The Hall–Kier alpha value is -3.37. The molecule has 0 unspecified atom stereocenters. The Morgan fingerprint density at radius 2 is 2.00 bits per heavy atom. The molecule has 0 saturated carbocycles. The minimum Gasteiger partial charge on any atom is -0.361 e. The van der Waals surface area contributed by atoms with Gasteiger partial charge in [0.1, 0.15) is 0 Å². The zero-order chi connectivity index (χ0) is 19.7. The Balaban J connectivity index is 1.69. The van der Waals surface area contributed by atoms with Crippen LogP contribution in [-0.4, -0.2) is 29.0 Å². The van der Waals surface area contributed by atoms with Crippen molar-refractivity contribution in [1.29, 1.82) is 0 Å². The molecule has 2 amide bonds. The lowest BCUT2D eigenvalue weighted by molar-refractivity contribution is -0.259. The van der Waals surface area contributed by atoms with Crippen LogP contribution in [0.2, 0.25) is 0 Å². The van der Waals surface area contributed by atoms with E-state index in [1.807, 2.05) is 44.2 Å². The molecule has 3 N–H and O–H groups in total. The van der Waals surface area contributed by atoms with Gasteiger partial charge in [-0.15, -0.1) is 11.3 Å². The van der Waals surface area contributed by atoms with Crippen molar-refractivity contribution in [2.45, 2.75) is 13.8 Å². The third-order valence-corrected chi connectivity index (χ3v) is 5.89. The molecule has 2 aromatic carbocycles. The van der Waals surface area contributed by atoms with Crippen molar-refractivity contribution in [3.05, 3.63) is 48.8 Å². The van der Waals surface area contributed by atoms with Crippen LogP contribution in [0.4, 0.5) is 16.3 Å². The molecule has 140 valence electrons. The summed E-state index contributed by atoms with van der Waals surface area (Å²) in [6.07, 6.45) is 2.61. The second kappa shape index (κ2) is 7.33. The molecule has 0 bridgehead atoms. The summed E-state index contributed by atoms with van der Waals surface area (Å²) in [4.78, 5) is 22.3. The number of urea groups is 1. The van der Waals surface area contributed by atoms with Crippen molar-refractivity contribution < 1.29 is 9.78 Å². The number of nitrogen functional groups attached to an aromatic ring is 1. The number of carbonyl (C=O) groups is 1. The SMILES string of the molecule is CCN(CC)C(=O)Nc1cccc(-c2ccc3c(c2)sc2c(N)nc#[n+]c23)c1. The van der Waals surface area contributed by atoms with Crippen molar-refractivity contribution in [3.63, 3.8) is 0 Å². The monoisotopic (exact) mass is 390 g/mol. The zero-order valence-electron chi connectivity index (χ0n) is 15.7. The summed E-state index contributed by atoms with van der Waals surface area (Å²) < 4.78 is 1.97. The van der Waals surface area contributed by atoms with Crippen molar-refractivity contribution >= 4 is 49.2 Å². The molecule has 0 spiro atoms. The maximum atomic E-state index is 12.3. The van der Waals surface area contributed by atoms with Gasteiger partial charge in [-0.25, -0.2) is 4.79 Å². The van der Waals surface area contributed by atoms with Crippen molar-refractivity contribution in [1.82, 2.24) is 9.88 Å². The summed E-state index contributed by atoms with van der Waals surface area (Å²) in [7, 11) is 0. The number of nitrogens with one attached hydrogen (secondary N) is 1. The van der Waals surface area contributed by atoms with Gasteiger partial charge in [0.25, 0.3) is 11.3 Å². The number of nitrogens with two attached hydrogens (primary N) is 1. The number of carbonyl (C=O) groups excluding carboxylic acids is 1. The first-order valence-corrected chi connectivity index (χ1v) is 9.94. The Bertz CT molecular complexity index is 1170. The van der Waals surface area contributed by atoms with Gasteiger partial charge < -0.3 is 16.0 Å². The van der Waals surface area contributed by atoms with Crippen LogP contribution in [0.25, 0.3) is 31.4 Å². The Morgan fingerprint density at radius 3 is 2.79 bits per heavy atom. The number of rotatable bonds is 4. The van der Waals surface area contributed by atoms with E-state index in [-0.39, 0.29) is 6.03 Å². The van der Waals surface area contributed by atoms with E-state index in [2.05, 4.69) is 33.7 Å². The third-order valence-electron chi connectivity index (χ3n) is 4.73. The number of nitrogens with zero attached hydrogens (tertiary/aromatic N) is 3. The lowest BCUT2D eigenvalue weighted by atomic mass is 10.0. The van der Waals surface area contributed by atoms with Crippen LogP contribution in [-0.2, 0) is 0 Å². The molecule has 0 aliphatic rings. The largest absolute Gasteiger partial charge is 0.431 e. The van der Waals surface area contributed by atoms with Crippen molar-refractivity contribution in [2.75, 3.05) is 24.1 Å². The van der Waals surface area contributed by atoms with E-state index < -0.39 is 0 Å². The number of fused-ring (bicyclic) bond motifs is 3. The zero-order valence-corrected chi connectivity index (χ0v) is 16.5. The second-order valence-electron chi connectivity index (χ2n) is 6.38. The smallest absolute Gasteiger partial charge is 0.361 e. The molecule has 0 fully saturated rings. The Labute approximate surface area is 167 Å². The molecule has 2 heterocycles.